The smallest absolute Gasteiger partial charge is 0.293 e. The van der Waals surface area contributed by atoms with Crippen molar-refractivity contribution in [1.82, 2.24) is 4.98 Å². The van der Waals surface area contributed by atoms with Gasteiger partial charge in [-0.1, -0.05) is 0 Å². The Balaban J connectivity index is 2.58. The van der Waals surface area contributed by atoms with Gasteiger partial charge in [-0.15, -0.1) is 0 Å². The van der Waals surface area contributed by atoms with Gasteiger partial charge in [0.1, 0.15) is 5.52 Å². The molecule has 12 heavy (non-hydrogen) atoms. The summed E-state index contributed by atoms with van der Waals surface area (Å²) in [5.74, 6) is 0.931. The zero-order valence-electron chi connectivity index (χ0n) is 6.40. The fourth-order valence-corrected chi connectivity index (χ4v) is 1.54. The van der Waals surface area contributed by atoms with E-state index in [0.717, 1.165) is 16.8 Å². The second kappa shape index (κ2) is 1.94. The van der Waals surface area contributed by atoms with Crippen molar-refractivity contribution in [2.24, 2.45) is 0 Å². The first kappa shape index (κ1) is 5.94. The first-order chi connectivity index (χ1) is 5.95. The summed E-state index contributed by atoms with van der Waals surface area (Å²) in [5.41, 5.74) is 2.09. The average molecular weight is 159 g/mol. The number of pyridine rings is 2. The van der Waals surface area contributed by atoms with Crippen molar-refractivity contribution in [1.29, 1.82) is 0 Å². The molecule has 0 saturated heterocycles. The largest absolute Gasteiger partial charge is 0.429 e. The Bertz CT molecular complexity index is 414. The summed E-state index contributed by atoms with van der Waals surface area (Å²) in [7, 11) is 0. The van der Waals surface area contributed by atoms with Gasteiger partial charge >= 0.3 is 0 Å². The molecule has 58 valence electrons. The van der Waals surface area contributed by atoms with Crippen LogP contribution in [-0.4, -0.2) is 4.98 Å². The van der Waals surface area contributed by atoms with Crippen molar-refractivity contribution < 1.29 is 9.30 Å². The van der Waals surface area contributed by atoms with Gasteiger partial charge in [0.05, 0.1) is 0 Å². The molecular weight excluding hydrogens is 152 g/mol. The lowest BCUT2D eigenvalue weighted by Crippen LogP contribution is -2.31. The van der Waals surface area contributed by atoms with Crippen molar-refractivity contribution in [3.63, 3.8) is 0 Å². The summed E-state index contributed by atoms with van der Waals surface area (Å²) < 4.78 is 7.49. The summed E-state index contributed by atoms with van der Waals surface area (Å²) >= 11 is 0. The standard InChI is InChI=1S/C9H7N2O/c1-2-7-9-8(3-4-10-7)12-6-11(9)5-1/h1-5H,6H2/q+1. The highest BCUT2D eigenvalue weighted by molar-refractivity contribution is 5.77. The lowest BCUT2D eigenvalue weighted by molar-refractivity contribution is -0.688. The van der Waals surface area contributed by atoms with E-state index in [1.54, 1.807) is 6.20 Å². The molecule has 0 atom stereocenters. The molecule has 0 spiro atoms. The topological polar surface area (TPSA) is 26.0 Å². The van der Waals surface area contributed by atoms with E-state index in [0.29, 0.717) is 6.73 Å². The quantitative estimate of drug-likeness (QED) is 0.533. The second-order valence-corrected chi connectivity index (χ2v) is 2.79. The van der Waals surface area contributed by atoms with Gasteiger partial charge < -0.3 is 4.74 Å². The Morgan fingerprint density at radius 3 is 3.42 bits per heavy atom. The molecule has 2 aromatic rings. The Morgan fingerprint density at radius 1 is 1.42 bits per heavy atom. The number of rotatable bonds is 0. The van der Waals surface area contributed by atoms with Crippen molar-refractivity contribution in [3.8, 4) is 5.75 Å². The molecule has 3 rings (SSSR count). The Labute approximate surface area is 69.2 Å². The van der Waals surface area contributed by atoms with Gasteiger partial charge in [0.25, 0.3) is 12.2 Å². The minimum atomic E-state index is 0.609. The molecule has 0 unspecified atom stereocenters. The zero-order chi connectivity index (χ0) is 7.97. The molecule has 0 fully saturated rings. The number of nitrogens with zero attached hydrogens (tertiary/aromatic N) is 2. The molecule has 0 aliphatic carbocycles. The number of aromatic nitrogens is 2. The summed E-state index contributed by atoms with van der Waals surface area (Å²) in [5, 5.41) is 0. The predicted octanol–water partition coefficient (Wildman–Crippen LogP) is 0.872. The minimum Gasteiger partial charge on any atom is -0.429 e. The molecule has 0 N–H and O–H groups in total. The van der Waals surface area contributed by atoms with E-state index in [1.165, 1.54) is 0 Å². The molecule has 0 amide bonds. The first-order valence-corrected chi connectivity index (χ1v) is 3.85. The summed E-state index contributed by atoms with van der Waals surface area (Å²) in [4.78, 5) is 4.24. The summed E-state index contributed by atoms with van der Waals surface area (Å²) in [6.45, 7) is 0.609. The molecule has 0 radical (unpaired) electrons. The Morgan fingerprint density at radius 2 is 2.42 bits per heavy atom. The number of hydrogen-bond donors (Lipinski definition) is 0. The molecule has 1 aliphatic rings. The van der Waals surface area contributed by atoms with Gasteiger partial charge in [-0.05, 0) is 6.07 Å². The Kier molecular flexibility index (Phi) is 0.961. The summed E-state index contributed by atoms with van der Waals surface area (Å²) in [6, 6.07) is 5.86. The van der Waals surface area contributed by atoms with Crippen LogP contribution in [0.4, 0.5) is 0 Å². The van der Waals surface area contributed by atoms with E-state index in [-0.39, 0.29) is 0 Å². The van der Waals surface area contributed by atoms with Crippen LogP contribution in [0.25, 0.3) is 11.0 Å². The average Bonchev–Trinajstić information content (AvgIpc) is 2.52. The predicted molar refractivity (Wildman–Crippen MR) is 42.6 cm³/mol. The maximum atomic E-state index is 5.44. The highest BCUT2D eigenvalue weighted by Gasteiger charge is 2.21. The minimum absolute atomic E-state index is 0.609. The zero-order valence-corrected chi connectivity index (χ0v) is 6.40. The highest BCUT2D eigenvalue weighted by Crippen LogP contribution is 2.23. The third-order valence-corrected chi connectivity index (χ3v) is 2.08. The van der Waals surface area contributed by atoms with E-state index >= 15 is 0 Å². The van der Waals surface area contributed by atoms with Gasteiger partial charge in [0, 0.05) is 18.3 Å². The third kappa shape index (κ3) is 0.605. The fraction of sp³-hybridized carbons (Fsp3) is 0.111. The fourth-order valence-electron chi connectivity index (χ4n) is 1.54. The van der Waals surface area contributed by atoms with Crippen LogP contribution in [0.5, 0.6) is 5.75 Å². The second-order valence-electron chi connectivity index (χ2n) is 2.79. The van der Waals surface area contributed by atoms with Gasteiger partial charge in [0.15, 0.2) is 6.20 Å². The maximum absolute atomic E-state index is 5.44. The van der Waals surface area contributed by atoms with Crippen LogP contribution in [0.3, 0.4) is 0 Å². The van der Waals surface area contributed by atoms with Crippen LogP contribution in [0, 0.1) is 0 Å². The van der Waals surface area contributed by atoms with E-state index < -0.39 is 0 Å². The van der Waals surface area contributed by atoms with Crippen LogP contribution in [0.1, 0.15) is 0 Å². The number of ether oxygens (including phenoxy) is 1. The SMILES string of the molecule is c1cc2nccc3c2[n+](c1)CO3. The monoisotopic (exact) mass is 159 g/mol. The van der Waals surface area contributed by atoms with Crippen molar-refractivity contribution in [3.05, 3.63) is 30.6 Å². The van der Waals surface area contributed by atoms with E-state index in [2.05, 4.69) is 9.55 Å². The first-order valence-electron chi connectivity index (χ1n) is 3.85. The van der Waals surface area contributed by atoms with Gasteiger partial charge in [-0.3, -0.25) is 0 Å². The van der Waals surface area contributed by atoms with E-state index in [1.807, 2.05) is 24.4 Å². The van der Waals surface area contributed by atoms with Crippen molar-refractivity contribution in [2.75, 3.05) is 0 Å². The molecule has 3 heteroatoms. The van der Waals surface area contributed by atoms with Gasteiger partial charge in [0.2, 0.25) is 5.75 Å². The van der Waals surface area contributed by atoms with Crippen LogP contribution >= 0.6 is 0 Å². The van der Waals surface area contributed by atoms with Crippen LogP contribution in [-0.2, 0) is 6.73 Å². The normalized spacial score (nSPS) is 13.3. The lowest BCUT2D eigenvalue weighted by atomic mass is 10.3. The third-order valence-electron chi connectivity index (χ3n) is 2.08. The maximum Gasteiger partial charge on any atom is 0.293 e. The van der Waals surface area contributed by atoms with Gasteiger partial charge in [-0.2, -0.15) is 4.57 Å². The molecule has 3 heterocycles. The molecule has 0 saturated carbocycles. The van der Waals surface area contributed by atoms with Crippen molar-refractivity contribution >= 4 is 11.0 Å². The van der Waals surface area contributed by atoms with Crippen molar-refractivity contribution in [2.45, 2.75) is 6.73 Å². The summed E-state index contributed by atoms with van der Waals surface area (Å²) in [6.07, 6.45) is 3.77. The molecule has 0 bridgehead atoms. The van der Waals surface area contributed by atoms with E-state index in [9.17, 15) is 0 Å². The molecule has 3 nitrogen and oxygen atoms in total. The number of hydrogen-bond acceptors (Lipinski definition) is 2. The van der Waals surface area contributed by atoms with Crippen LogP contribution in [0.15, 0.2) is 30.6 Å². The molecule has 2 aromatic heterocycles. The highest BCUT2D eigenvalue weighted by atomic mass is 16.5. The Hall–Kier alpha value is -1.64. The van der Waals surface area contributed by atoms with Gasteiger partial charge in [-0.25, -0.2) is 4.98 Å². The van der Waals surface area contributed by atoms with Crippen LogP contribution < -0.4 is 9.30 Å². The lowest BCUT2D eigenvalue weighted by Gasteiger charge is -1.89. The van der Waals surface area contributed by atoms with E-state index in [4.69, 9.17) is 4.74 Å². The molecular formula is C9H7N2O+. The molecule has 0 aromatic carbocycles. The van der Waals surface area contributed by atoms with Crippen LogP contribution in [0.2, 0.25) is 0 Å². The molecule has 1 aliphatic heterocycles.